The van der Waals surface area contributed by atoms with Gasteiger partial charge in [-0.1, -0.05) is 93.2 Å². The third-order valence-corrected chi connectivity index (χ3v) is 8.52. The molecule has 3 heteroatoms. The van der Waals surface area contributed by atoms with E-state index in [1.807, 2.05) is 12.1 Å². The number of hydrogen-bond acceptors (Lipinski definition) is 3. The fourth-order valence-corrected chi connectivity index (χ4v) is 5.69. The summed E-state index contributed by atoms with van der Waals surface area (Å²) in [6.45, 7) is 21.7. The van der Waals surface area contributed by atoms with Gasteiger partial charge in [0.25, 0.3) is 0 Å². The lowest BCUT2D eigenvalue weighted by Crippen LogP contribution is -2.20. The molecule has 0 spiro atoms. The van der Waals surface area contributed by atoms with Gasteiger partial charge in [0.1, 0.15) is 11.5 Å². The van der Waals surface area contributed by atoms with E-state index in [4.69, 9.17) is 12.6 Å². The van der Waals surface area contributed by atoms with Gasteiger partial charge in [-0.2, -0.15) is 12.6 Å². The summed E-state index contributed by atoms with van der Waals surface area (Å²) in [6, 6.07) is 8.35. The van der Waals surface area contributed by atoms with Gasteiger partial charge >= 0.3 is 0 Å². The van der Waals surface area contributed by atoms with E-state index in [1.54, 1.807) is 0 Å². The Bertz CT molecular complexity index is 940. The molecular weight excluding hydrogens is 460 g/mol. The van der Waals surface area contributed by atoms with Gasteiger partial charge in [-0.15, -0.1) is 0 Å². The Balaban J connectivity index is 2.63. The molecule has 0 bridgehead atoms. The summed E-state index contributed by atoms with van der Waals surface area (Å²) in [4.78, 5) is 0. The van der Waals surface area contributed by atoms with Crippen LogP contribution < -0.4 is 0 Å². The predicted molar refractivity (Wildman–Crippen MR) is 160 cm³/mol. The lowest BCUT2D eigenvalue weighted by molar-refractivity contribution is 0.436. The SMILES string of the molecule is CCCCCCC(S)C(C)CC(c1cc(C(C)(C)C)c(O)cc1C)c1cc(C(C)(C)C)c(O)cc1C. The number of phenols is 2. The Morgan fingerprint density at radius 2 is 1.19 bits per heavy atom. The highest BCUT2D eigenvalue weighted by molar-refractivity contribution is 7.81. The number of unbranched alkanes of at least 4 members (excludes halogenated alkanes) is 3. The van der Waals surface area contributed by atoms with E-state index in [-0.39, 0.29) is 16.7 Å². The molecule has 202 valence electrons. The van der Waals surface area contributed by atoms with Crippen LogP contribution in [0.3, 0.4) is 0 Å². The second-order valence-corrected chi connectivity index (χ2v) is 13.8. The fourth-order valence-electron chi connectivity index (χ4n) is 5.39. The zero-order valence-corrected chi connectivity index (χ0v) is 25.5. The number of benzene rings is 2. The first-order valence-electron chi connectivity index (χ1n) is 13.9. The van der Waals surface area contributed by atoms with Crippen LogP contribution in [-0.4, -0.2) is 15.5 Å². The highest BCUT2D eigenvalue weighted by atomic mass is 32.1. The van der Waals surface area contributed by atoms with Crippen molar-refractivity contribution in [3.63, 3.8) is 0 Å². The van der Waals surface area contributed by atoms with Gasteiger partial charge in [0.2, 0.25) is 0 Å². The van der Waals surface area contributed by atoms with E-state index in [1.165, 1.54) is 36.8 Å². The summed E-state index contributed by atoms with van der Waals surface area (Å²) >= 11 is 5.06. The van der Waals surface area contributed by atoms with Crippen molar-refractivity contribution in [3.05, 3.63) is 57.6 Å². The molecule has 0 fully saturated rings. The monoisotopic (exact) mass is 512 g/mol. The highest BCUT2D eigenvalue weighted by Gasteiger charge is 2.29. The maximum atomic E-state index is 10.8. The van der Waals surface area contributed by atoms with Crippen LogP contribution >= 0.6 is 12.6 Å². The molecule has 2 atom stereocenters. The summed E-state index contributed by atoms with van der Waals surface area (Å²) in [5, 5.41) is 22.0. The summed E-state index contributed by atoms with van der Waals surface area (Å²) in [5.41, 5.74) is 6.41. The minimum atomic E-state index is -0.158. The maximum Gasteiger partial charge on any atom is 0.119 e. The molecule has 0 aliphatic heterocycles. The molecular formula is C33H52O2S. The lowest BCUT2D eigenvalue weighted by Gasteiger charge is -2.31. The van der Waals surface area contributed by atoms with Crippen LogP contribution in [0.2, 0.25) is 0 Å². The molecule has 2 aromatic rings. The normalized spacial score (nSPS) is 14.3. The van der Waals surface area contributed by atoms with Crippen LogP contribution in [0.25, 0.3) is 0 Å². The van der Waals surface area contributed by atoms with Gasteiger partial charge in [0.15, 0.2) is 0 Å². The Morgan fingerprint density at radius 1 is 0.750 bits per heavy atom. The molecule has 0 aliphatic rings. The van der Waals surface area contributed by atoms with Crippen molar-refractivity contribution in [1.29, 1.82) is 0 Å². The number of aromatic hydroxyl groups is 2. The van der Waals surface area contributed by atoms with Crippen molar-refractivity contribution in [2.24, 2.45) is 5.92 Å². The van der Waals surface area contributed by atoms with Gasteiger partial charge in [-0.05, 0) is 89.0 Å². The number of phenolic OH excluding ortho intramolecular Hbond substituents is 2. The quantitative estimate of drug-likeness (QED) is 0.219. The van der Waals surface area contributed by atoms with Crippen LogP contribution in [0.4, 0.5) is 0 Å². The summed E-state index contributed by atoms with van der Waals surface area (Å²) in [6.07, 6.45) is 7.17. The van der Waals surface area contributed by atoms with Gasteiger partial charge < -0.3 is 10.2 Å². The molecule has 2 unspecified atom stereocenters. The molecule has 0 saturated carbocycles. The molecule has 0 radical (unpaired) electrons. The Labute approximate surface area is 227 Å². The van der Waals surface area contributed by atoms with Crippen molar-refractivity contribution in [2.45, 2.75) is 130 Å². The van der Waals surface area contributed by atoms with Crippen molar-refractivity contribution >= 4 is 12.6 Å². The molecule has 0 amide bonds. The largest absolute Gasteiger partial charge is 0.508 e. The second-order valence-electron chi connectivity index (χ2n) is 13.1. The Hall–Kier alpha value is -1.61. The van der Waals surface area contributed by atoms with Gasteiger partial charge in [-0.25, -0.2) is 0 Å². The molecule has 2 rings (SSSR count). The van der Waals surface area contributed by atoms with Crippen LogP contribution in [0.5, 0.6) is 11.5 Å². The van der Waals surface area contributed by atoms with Crippen molar-refractivity contribution in [2.75, 3.05) is 0 Å². The maximum absolute atomic E-state index is 10.8. The summed E-state index contributed by atoms with van der Waals surface area (Å²) in [5.74, 6) is 1.33. The number of thiol groups is 1. The van der Waals surface area contributed by atoms with Crippen LogP contribution in [-0.2, 0) is 10.8 Å². The third-order valence-electron chi connectivity index (χ3n) is 7.75. The zero-order chi connectivity index (χ0) is 27.4. The lowest BCUT2D eigenvalue weighted by atomic mass is 9.75. The van der Waals surface area contributed by atoms with E-state index in [9.17, 15) is 10.2 Å². The van der Waals surface area contributed by atoms with Crippen LogP contribution in [0, 0.1) is 19.8 Å². The van der Waals surface area contributed by atoms with Gasteiger partial charge in [0.05, 0.1) is 0 Å². The van der Waals surface area contributed by atoms with Crippen molar-refractivity contribution in [3.8, 4) is 11.5 Å². The molecule has 2 aromatic carbocycles. The first kappa shape index (κ1) is 30.6. The van der Waals surface area contributed by atoms with Crippen LogP contribution in [0.1, 0.15) is 133 Å². The van der Waals surface area contributed by atoms with Crippen molar-refractivity contribution < 1.29 is 10.2 Å². The van der Waals surface area contributed by atoms with Gasteiger partial charge in [0, 0.05) is 11.2 Å². The molecule has 0 aromatic heterocycles. The standard InChI is InChI=1S/C33H52O2S/c1-11-12-13-14-15-31(36)23(4)16-26(24-19-27(32(5,6)7)29(34)17-21(24)2)25-20-28(33(8,9)10)30(35)18-22(25)3/h17-20,23,26,31,34-36H,11-16H2,1-10H3. The summed E-state index contributed by atoms with van der Waals surface area (Å²) < 4.78 is 0. The molecule has 2 nitrogen and oxygen atoms in total. The average molecular weight is 513 g/mol. The minimum absolute atomic E-state index is 0.158. The van der Waals surface area contributed by atoms with E-state index in [0.29, 0.717) is 22.7 Å². The van der Waals surface area contributed by atoms with Gasteiger partial charge in [-0.3, -0.25) is 0 Å². The minimum Gasteiger partial charge on any atom is -0.508 e. The average Bonchev–Trinajstić information content (AvgIpc) is 2.73. The summed E-state index contributed by atoms with van der Waals surface area (Å²) in [7, 11) is 0. The highest BCUT2D eigenvalue weighted by Crippen LogP contribution is 2.44. The molecule has 0 heterocycles. The number of rotatable bonds is 10. The Kier molecular flexibility index (Phi) is 10.5. The van der Waals surface area contributed by atoms with Crippen LogP contribution in [0.15, 0.2) is 24.3 Å². The van der Waals surface area contributed by atoms with Crippen molar-refractivity contribution in [1.82, 2.24) is 0 Å². The van der Waals surface area contributed by atoms with E-state index >= 15 is 0 Å². The molecule has 36 heavy (non-hydrogen) atoms. The van der Waals surface area contributed by atoms with E-state index in [2.05, 4.69) is 81.4 Å². The fraction of sp³-hybridized carbons (Fsp3) is 0.636. The molecule has 0 aliphatic carbocycles. The molecule has 2 N–H and O–H groups in total. The first-order chi connectivity index (χ1) is 16.6. The van der Waals surface area contributed by atoms with E-state index < -0.39 is 0 Å². The zero-order valence-electron chi connectivity index (χ0n) is 24.6. The number of aryl methyl sites for hydroxylation is 2. The first-order valence-corrected chi connectivity index (χ1v) is 14.5. The van der Waals surface area contributed by atoms with E-state index in [0.717, 1.165) is 35.1 Å². The Morgan fingerprint density at radius 3 is 1.58 bits per heavy atom. The third kappa shape index (κ3) is 7.70. The molecule has 0 saturated heterocycles. The predicted octanol–water partition coefficient (Wildman–Crippen LogP) is 9.74. The smallest absolute Gasteiger partial charge is 0.119 e. The number of hydrogen-bond donors (Lipinski definition) is 3. The topological polar surface area (TPSA) is 40.5 Å². The second kappa shape index (κ2) is 12.3.